The molecule has 0 aliphatic carbocycles. The first-order valence-electron chi connectivity index (χ1n) is 8.81. The highest BCUT2D eigenvalue weighted by molar-refractivity contribution is 5.70. The van der Waals surface area contributed by atoms with Crippen molar-refractivity contribution in [2.24, 2.45) is 0 Å². The maximum Gasteiger partial charge on any atom is 0.280 e. The van der Waals surface area contributed by atoms with Crippen LogP contribution in [0.25, 0.3) is 11.2 Å². The zero-order chi connectivity index (χ0) is 19.3. The van der Waals surface area contributed by atoms with Gasteiger partial charge in [0, 0.05) is 0 Å². The number of imidazole rings is 1. The van der Waals surface area contributed by atoms with Crippen LogP contribution in [0.15, 0.2) is 29.3 Å². The Morgan fingerprint density at radius 3 is 2.15 bits per heavy atom. The summed E-state index contributed by atoms with van der Waals surface area (Å²) >= 11 is 0. The number of fused-ring (bicyclic) bond motifs is 1. The van der Waals surface area contributed by atoms with Crippen LogP contribution in [-0.2, 0) is 17.4 Å². The molecule has 0 saturated carbocycles. The molecule has 0 unspecified atom stereocenters. The molecule has 3 aromatic rings. The van der Waals surface area contributed by atoms with E-state index in [-0.39, 0.29) is 22.3 Å². The van der Waals surface area contributed by atoms with Crippen LogP contribution in [0.1, 0.15) is 58.2 Å². The van der Waals surface area contributed by atoms with E-state index < -0.39 is 0 Å². The number of hydrogen-bond acceptors (Lipinski definition) is 4. The second kappa shape index (κ2) is 5.97. The molecule has 2 heterocycles. The molecule has 0 saturated heterocycles. The topological polar surface area (TPSA) is 89.6 Å². The van der Waals surface area contributed by atoms with Crippen molar-refractivity contribution in [3.63, 3.8) is 0 Å². The van der Waals surface area contributed by atoms with E-state index in [1.54, 1.807) is 6.33 Å². The predicted octanol–water partition coefficient (Wildman–Crippen LogP) is 3.35. The first-order chi connectivity index (χ1) is 11.9. The van der Waals surface area contributed by atoms with Crippen molar-refractivity contribution in [1.82, 2.24) is 19.5 Å². The van der Waals surface area contributed by atoms with Crippen LogP contribution in [0.3, 0.4) is 0 Å². The van der Waals surface area contributed by atoms with Crippen LogP contribution in [0, 0.1) is 0 Å². The lowest BCUT2D eigenvalue weighted by Crippen LogP contribution is -2.17. The Hall–Kier alpha value is -2.63. The second-order valence-corrected chi connectivity index (χ2v) is 8.91. The minimum Gasteiger partial charge on any atom is -0.369 e. The molecule has 0 aliphatic heterocycles. The van der Waals surface area contributed by atoms with Crippen molar-refractivity contribution in [2.45, 2.75) is 58.9 Å². The summed E-state index contributed by atoms with van der Waals surface area (Å²) in [6.45, 7) is 13.9. The molecule has 0 fully saturated rings. The van der Waals surface area contributed by atoms with Crippen LogP contribution in [0.4, 0.5) is 5.95 Å². The van der Waals surface area contributed by atoms with Crippen molar-refractivity contribution in [3.05, 3.63) is 51.6 Å². The summed E-state index contributed by atoms with van der Waals surface area (Å²) in [5.41, 5.74) is 10.0. The number of aromatic nitrogens is 4. The summed E-state index contributed by atoms with van der Waals surface area (Å²) in [6.07, 6.45) is 1.65. The lowest BCUT2D eigenvalue weighted by atomic mass is 9.79. The van der Waals surface area contributed by atoms with E-state index in [0.717, 1.165) is 5.56 Å². The molecular formula is C20H27N5O. The molecule has 6 nitrogen and oxygen atoms in total. The molecular weight excluding hydrogens is 326 g/mol. The molecule has 0 bridgehead atoms. The van der Waals surface area contributed by atoms with Gasteiger partial charge in [-0.1, -0.05) is 59.7 Å². The van der Waals surface area contributed by atoms with Gasteiger partial charge in [0.25, 0.3) is 5.56 Å². The number of nitrogen functional groups attached to an aromatic ring is 1. The highest BCUT2D eigenvalue weighted by Crippen LogP contribution is 2.30. The molecule has 6 heteroatoms. The average molecular weight is 353 g/mol. The molecule has 1 aromatic carbocycles. The summed E-state index contributed by atoms with van der Waals surface area (Å²) in [4.78, 5) is 22.9. The van der Waals surface area contributed by atoms with E-state index in [0.29, 0.717) is 17.7 Å². The summed E-state index contributed by atoms with van der Waals surface area (Å²) < 4.78 is 1.87. The molecule has 0 aliphatic rings. The first-order valence-corrected chi connectivity index (χ1v) is 8.81. The normalized spacial score (nSPS) is 12.7. The van der Waals surface area contributed by atoms with Crippen molar-refractivity contribution in [2.75, 3.05) is 5.73 Å². The number of H-pyrrole nitrogens is 1. The quantitative estimate of drug-likeness (QED) is 0.739. The standard InChI is InChI=1S/C20H27N5O/c1-19(2,3)13-7-12(8-14(9-13)20(4,5)6)10-25-11-22-15-16(25)23-18(21)24-17(15)26/h7-9,11H,10H2,1-6H3,(H3,21,23,24,26). The van der Waals surface area contributed by atoms with Gasteiger partial charge in [-0.15, -0.1) is 0 Å². The van der Waals surface area contributed by atoms with E-state index in [4.69, 9.17) is 5.73 Å². The van der Waals surface area contributed by atoms with Gasteiger partial charge in [0.1, 0.15) is 0 Å². The molecule has 2 aromatic heterocycles. The first kappa shape index (κ1) is 18.2. The number of hydrogen-bond donors (Lipinski definition) is 2. The van der Waals surface area contributed by atoms with Gasteiger partial charge in [-0.05, 0) is 27.5 Å². The van der Waals surface area contributed by atoms with E-state index in [2.05, 4.69) is 74.7 Å². The maximum absolute atomic E-state index is 12.0. The van der Waals surface area contributed by atoms with Gasteiger partial charge in [-0.2, -0.15) is 4.98 Å². The largest absolute Gasteiger partial charge is 0.369 e. The summed E-state index contributed by atoms with van der Waals surface area (Å²) in [5, 5.41) is 0. The molecule has 0 amide bonds. The monoisotopic (exact) mass is 353 g/mol. The van der Waals surface area contributed by atoms with E-state index in [9.17, 15) is 4.79 Å². The van der Waals surface area contributed by atoms with Crippen LogP contribution < -0.4 is 11.3 Å². The molecule has 3 N–H and O–H groups in total. The third-order valence-electron chi connectivity index (χ3n) is 4.57. The molecule has 0 radical (unpaired) electrons. The van der Waals surface area contributed by atoms with Crippen molar-refractivity contribution < 1.29 is 0 Å². The molecule has 26 heavy (non-hydrogen) atoms. The van der Waals surface area contributed by atoms with Crippen molar-refractivity contribution in [3.8, 4) is 0 Å². The van der Waals surface area contributed by atoms with Gasteiger partial charge in [0.05, 0.1) is 12.9 Å². The highest BCUT2D eigenvalue weighted by atomic mass is 16.1. The molecule has 3 rings (SSSR count). The van der Waals surface area contributed by atoms with Gasteiger partial charge in [-0.3, -0.25) is 9.78 Å². The van der Waals surface area contributed by atoms with E-state index >= 15 is 0 Å². The third-order valence-corrected chi connectivity index (χ3v) is 4.57. The Kier molecular flexibility index (Phi) is 4.17. The number of nitrogens with one attached hydrogen (secondary N) is 1. The maximum atomic E-state index is 12.0. The lowest BCUT2D eigenvalue weighted by Gasteiger charge is -2.26. The number of nitrogens with two attached hydrogens (primary N) is 1. The second-order valence-electron chi connectivity index (χ2n) is 8.91. The van der Waals surface area contributed by atoms with Gasteiger partial charge in [0.15, 0.2) is 11.2 Å². The predicted molar refractivity (Wildman–Crippen MR) is 106 cm³/mol. The zero-order valence-electron chi connectivity index (χ0n) is 16.3. The summed E-state index contributed by atoms with van der Waals surface area (Å²) in [7, 11) is 0. The fourth-order valence-corrected chi connectivity index (χ4v) is 2.93. The Morgan fingerprint density at radius 1 is 1.04 bits per heavy atom. The van der Waals surface area contributed by atoms with Gasteiger partial charge in [-0.25, -0.2) is 4.98 Å². The minimum atomic E-state index is -0.315. The Labute approximate surface area is 153 Å². The molecule has 138 valence electrons. The van der Waals surface area contributed by atoms with Gasteiger partial charge < -0.3 is 10.3 Å². The van der Waals surface area contributed by atoms with E-state index in [1.807, 2.05) is 4.57 Å². The van der Waals surface area contributed by atoms with Crippen molar-refractivity contribution in [1.29, 1.82) is 0 Å². The third kappa shape index (κ3) is 3.49. The van der Waals surface area contributed by atoms with Crippen LogP contribution in [0.5, 0.6) is 0 Å². The summed E-state index contributed by atoms with van der Waals surface area (Å²) in [6, 6.07) is 6.73. The molecule has 0 spiro atoms. The summed E-state index contributed by atoms with van der Waals surface area (Å²) in [5.74, 6) is 0.100. The number of aromatic amines is 1. The van der Waals surface area contributed by atoms with Gasteiger partial charge in [0.2, 0.25) is 5.95 Å². The fraction of sp³-hybridized carbons (Fsp3) is 0.450. The fourth-order valence-electron chi connectivity index (χ4n) is 2.93. The zero-order valence-corrected chi connectivity index (χ0v) is 16.3. The Bertz CT molecular complexity index is 983. The van der Waals surface area contributed by atoms with E-state index in [1.165, 1.54) is 11.1 Å². The Morgan fingerprint density at radius 2 is 1.62 bits per heavy atom. The smallest absolute Gasteiger partial charge is 0.280 e. The number of benzene rings is 1. The SMILES string of the molecule is CC(C)(C)c1cc(Cn2cnc3c(=O)[nH]c(N)nc32)cc(C(C)(C)C)c1. The number of nitrogens with zero attached hydrogens (tertiary/aromatic N) is 3. The highest BCUT2D eigenvalue weighted by Gasteiger charge is 2.21. The lowest BCUT2D eigenvalue weighted by molar-refractivity contribution is 0.566. The van der Waals surface area contributed by atoms with Gasteiger partial charge >= 0.3 is 0 Å². The van der Waals surface area contributed by atoms with Crippen LogP contribution in [0.2, 0.25) is 0 Å². The minimum absolute atomic E-state index is 0.0485. The number of rotatable bonds is 2. The number of anilines is 1. The van der Waals surface area contributed by atoms with Crippen molar-refractivity contribution >= 4 is 17.1 Å². The van der Waals surface area contributed by atoms with Crippen LogP contribution in [-0.4, -0.2) is 19.5 Å². The van der Waals surface area contributed by atoms with Crippen LogP contribution >= 0.6 is 0 Å². The molecule has 0 atom stereocenters. The Balaban J connectivity index is 2.12. The average Bonchev–Trinajstić information content (AvgIpc) is 2.88.